The van der Waals surface area contributed by atoms with E-state index in [9.17, 15) is 4.39 Å². The van der Waals surface area contributed by atoms with Gasteiger partial charge >= 0.3 is 0 Å². The lowest BCUT2D eigenvalue weighted by Crippen LogP contribution is -2.22. The summed E-state index contributed by atoms with van der Waals surface area (Å²) in [6.45, 7) is 3.98. The van der Waals surface area contributed by atoms with Crippen LogP contribution in [0.2, 0.25) is 4.34 Å². The van der Waals surface area contributed by atoms with Gasteiger partial charge in [0, 0.05) is 28.6 Å². The van der Waals surface area contributed by atoms with E-state index in [1.54, 1.807) is 12.1 Å². The molecule has 1 aromatic heterocycles. The molecule has 0 aliphatic heterocycles. The van der Waals surface area contributed by atoms with Crippen LogP contribution in [-0.4, -0.2) is 7.11 Å². The van der Waals surface area contributed by atoms with Crippen LogP contribution in [0.5, 0.6) is 5.75 Å². The first-order valence-corrected chi connectivity index (χ1v) is 7.55. The molecular formula is C15H17ClFNOS. The van der Waals surface area contributed by atoms with Gasteiger partial charge in [-0.05, 0) is 32.0 Å². The van der Waals surface area contributed by atoms with Crippen molar-refractivity contribution in [3.05, 3.63) is 50.9 Å². The Hall–Kier alpha value is -1.10. The summed E-state index contributed by atoms with van der Waals surface area (Å²) in [6.07, 6.45) is 0. The van der Waals surface area contributed by atoms with Gasteiger partial charge in [0.25, 0.3) is 0 Å². The second kappa shape index (κ2) is 6.57. The van der Waals surface area contributed by atoms with Gasteiger partial charge in [-0.2, -0.15) is 0 Å². The number of hydrogen-bond acceptors (Lipinski definition) is 3. The van der Waals surface area contributed by atoms with Gasteiger partial charge in [0.2, 0.25) is 0 Å². The van der Waals surface area contributed by atoms with Gasteiger partial charge in [-0.1, -0.05) is 17.7 Å². The Morgan fingerprint density at radius 2 is 1.95 bits per heavy atom. The number of nitrogens with one attached hydrogen (secondary N) is 1. The van der Waals surface area contributed by atoms with Gasteiger partial charge in [-0.25, -0.2) is 4.39 Å². The standard InChI is InChI=1S/C15H17ClFNOS/c1-9(12-5-4-11(19-3)8-13(12)17)18-10(2)14-6-7-15(16)20-14/h4-10,18H,1-3H3. The number of ether oxygens (including phenoxy) is 1. The maximum Gasteiger partial charge on any atom is 0.131 e. The predicted octanol–water partition coefficient (Wildman–Crippen LogP) is 4.96. The molecule has 2 unspecified atom stereocenters. The number of halogens is 2. The van der Waals surface area contributed by atoms with E-state index in [0.717, 1.165) is 9.21 Å². The van der Waals surface area contributed by atoms with Crippen LogP contribution in [0.4, 0.5) is 4.39 Å². The summed E-state index contributed by atoms with van der Waals surface area (Å²) in [5, 5.41) is 3.38. The maximum absolute atomic E-state index is 14.0. The molecular weight excluding hydrogens is 297 g/mol. The van der Waals surface area contributed by atoms with Crippen molar-refractivity contribution >= 4 is 22.9 Å². The molecule has 5 heteroatoms. The zero-order valence-electron chi connectivity index (χ0n) is 11.6. The highest BCUT2D eigenvalue weighted by Gasteiger charge is 2.16. The van der Waals surface area contributed by atoms with E-state index in [1.807, 2.05) is 26.0 Å². The lowest BCUT2D eigenvalue weighted by atomic mass is 10.1. The first-order chi connectivity index (χ1) is 9.51. The molecule has 0 bridgehead atoms. The average molecular weight is 314 g/mol. The van der Waals surface area contributed by atoms with Crippen LogP contribution in [0.25, 0.3) is 0 Å². The molecule has 0 radical (unpaired) electrons. The minimum absolute atomic E-state index is 0.100. The Kier molecular flexibility index (Phi) is 5.02. The third kappa shape index (κ3) is 3.51. The van der Waals surface area contributed by atoms with Crippen LogP contribution >= 0.6 is 22.9 Å². The second-order valence-electron chi connectivity index (χ2n) is 4.64. The van der Waals surface area contributed by atoms with Crippen LogP contribution in [0.3, 0.4) is 0 Å². The van der Waals surface area contributed by atoms with E-state index in [0.29, 0.717) is 11.3 Å². The summed E-state index contributed by atoms with van der Waals surface area (Å²) >= 11 is 7.47. The molecule has 2 atom stereocenters. The van der Waals surface area contributed by atoms with E-state index in [2.05, 4.69) is 5.32 Å². The summed E-state index contributed by atoms with van der Waals surface area (Å²) < 4.78 is 19.8. The van der Waals surface area contributed by atoms with Crippen molar-refractivity contribution < 1.29 is 9.13 Å². The fourth-order valence-electron chi connectivity index (χ4n) is 2.09. The molecule has 0 aliphatic carbocycles. The van der Waals surface area contributed by atoms with Gasteiger partial charge in [0.1, 0.15) is 11.6 Å². The molecule has 1 aromatic carbocycles. The normalized spacial score (nSPS) is 14.1. The number of methoxy groups -OCH3 is 1. The van der Waals surface area contributed by atoms with E-state index < -0.39 is 0 Å². The van der Waals surface area contributed by atoms with Crippen molar-refractivity contribution in [1.82, 2.24) is 5.32 Å². The van der Waals surface area contributed by atoms with Crippen molar-refractivity contribution in [3.63, 3.8) is 0 Å². The van der Waals surface area contributed by atoms with Crippen LogP contribution in [0.15, 0.2) is 30.3 Å². The number of rotatable bonds is 5. The molecule has 0 fully saturated rings. The molecule has 1 heterocycles. The van der Waals surface area contributed by atoms with Gasteiger partial charge in [-0.15, -0.1) is 11.3 Å². The smallest absolute Gasteiger partial charge is 0.131 e. The fraction of sp³-hybridized carbons (Fsp3) is 0.333. The molecule has 20 heavy (non-hydrogen) atoms. The summed E-state index contributed by atoms with van der Waals surface area (Å²) in [5.41, 5.74) is 0.625. The summed E-state index contributed by atoms with van der Waals surface area (Å²) in [5.74, 6) is 0.261. The van der Waals surface area contributed by atoms with Crippen molar-refractivity contribution in [1.29, 1.82) is 0 Å². The lowest BCUT2D eigenvalue weighted by molar-refractivity contribution is 0.408. The fourth-order valence-corrected chi connectivity index (χ4v) is 3.17. The highest BCUT2D eigenvalue weighted by Crippen LogP contribution is 2.29. The monoisotopic (exact) mass is 313 g/mol. The summed E-state index contributed by atoms with van der Waals surface area (Å²) in [6, 6.07) is 8.80. The molecule has 2 nitrogen and oxygen atoms in total. The molecule has 0 amide bonds. The maximum atomic E-state index is 14.0. The Bertz CT molecular complexity index is 587. The topological polar surface area (TPSA) is 21.3 Å². The molecule has 2 aromatic rings. The van der Waals surface area contributed by atoms with E-state index in [1.165, 1.54) is 24.5 Å². The summed E-state index contributed by atoms with van der Waals surface area (Å²) in [4.78, 5) is 1.13. The SMILES string of the molecule is COc1ccc(C(C)NC(C)c2ccc(Cl)s2)c(F)c1. The van der Waals surface area contributed by atoms with E-state index >= 15 is 0 Å². The minimum Gasteiger partial charge on any atom is -0.497 e. The number of hydrogen-bond donors (Lipinski definition) is 1. The molecule has 2 rings (SSSR count). The molecule has 1 N–H and O–H groups in total. The zero-order chi connectivity index (χ0) is 14.7. The first kappa shape index (κ1) is 15.3. The van der Waals surface area contributed by atoms with Crippen molar-refractivity contribution in [2.24, 2.45) is 0 Å². The van der Waals surface area contributed by atoms with Crippen molar-refractivity contribution in [3.8, 4) is 5.75 Å². The second-order valence-corrected chi connectivity index (χ2v) is 6.39. The minimum atomic E-state index is -0.263. The zero-order valence-corrected chi connectivity index (χ0v) is 13.2. The Balaban J connectivity index is 2.09. The summed E-state index contributed by atoms with van der Waals surface area (Å²) in [7, 11) is 1.53. The lowest BCUT2D eigenvalue weighted by Gasteiger charge is -2.20. The highest BCUT2D eigenvalue weighted by molar-refractivity contribution is 7.16. The first-order valence-electron chi connectivity index (χ1n) is 6.36. The Labute approximate surface area is 127 Å². The molecule has 0 saturated heterocycles. The average Bonchev–Trinajstić information content (AvgIpc) is 2.85. The van der Waals surface area contributed by atoms with Crippen LogP contribution < -0.4 is 10.1 Å². The highest BCUT2D eigenvalue weighted by atomic mass is 35.5. The Morgan fingerprint density at radius 3 is 2.50 bits per heavy atom. The van der Waals surface area contributed by atoms with Crippen LogP contribution in [0.1, 0.15) is 36.4 Å². The third-order valence-electron chi connectivity index (χ3n) is 3.19. The third-order valence-corrected chi connectivity index (χ3v) is 4.61. The van der Waals surface area contributed by atoms with Crippen LogP contribution in [-0.2, 0) is 0 Å². The molecule has 0 spiro atoms. The Morgan fingerprint density at radius 1 is 1.20 bits per heavy atom. The molecule has 0 aliphatic rings. The van der Waals surface area contributed by atoms with E-state index in [4.69, 9.17) is 16.3 Å². The van der Waals surface area contributed by atoms with Gasteiger partial charge in [0.05, 0.1) is 11.4 Å². The molecule has 108 valence electrons. The van der Waals surface area contributed by atoms with Gasteiger partial charge in [-0.3, -0.25) is 0 Å². The van der Waals surface area contributed by atoms with Crippen LogP contribution in [0, 0.1) is 5.82 Å². The van der Waals surface area contributed by atoms with Gasteiger partial charge < -0.3 is 10.1 Å². The largest absolute Gasteiger partial charge is 0.497 e. The number of thiophene rings is 1. The van der Waals surface area contributed by atoms with E-state index in [-0.39, 0.29) is 17.9 Å². The van der Waals surface area contributed by atoms with Crippen molar-refractivity contribution in [2.75, 3.05) is 7.11 Å². The van der Waals surface area contributed by atoms with Gasteiger partial charge in [0.15, 0.2) is 0 Å². The molecule has 0 saturated carbocycles. The quantitative estimate of drug-likeness (QED) is 0.842. The number of benzene rings is 1. The predicted molar refractivity (Wildman–Crippen MR) is 82.2 cm³/mol. The van der Waals surface area contributed by atoms with Crippen molar-refractivity contribution in [2.45, 2.75) is 25.9 Å².